The van der Waals surface area contributed by atoms with Crippen LogP contribution in [0.25, 0.3) is 0 Å². The highest BCUT2D eigenvalue weighted by atomic mass is 19.4. The molecule has 38 heavy (non-hydrogen) atoms. The molecule has 5 fully saturated rings. The molecule has 0 radical (unpaired) electrons. The first kappa shape index (κ1) is 29.2. The van der Waals surface area contributed by atoms with Crippen molar-refractivity contribution in [2.24, 2.45) is 52.3 Å². The quantitative estimate of drug-likeness (QED) is 0.358. The zero-order chi connectivity index (χ0) is 27.6. The monoisotopic (exact) mass is 542 g/mol. The molecule has 2 N–H and O–H groups in total. The zero-order valence-electron chi connectivity index (χ0n) is 24.3. The SMILES string of the molecule is COC[C@H]1CC[C@](O)(CC[C@H](C)[C@@H]2CC[C@H]3[C@@H]4CC[C@H]5C[C@](O)(C(F)(F)F)CC[C@]5(C)[C@H]4CC[C@@]32C)CC1. The van der Waals surface area contributed by atoms with Gasteiger partial charge in [-0.1, -0.05) is 20.8 Å². The third-order valence-corrected chi connectivity index (χ3v) is 13.5. The maximum absolute atomic E-state index is 13.7. The molecule has 6 heteroatoms. The first-order valence-electron chi connectivity index (χ1n) is 15.8. The summed E-state index contributed by atoms with van der Waals surface area (Å²) < 4.78 is 46.3. The molecule has 0 aliphatic heterocycles. The normalized spacial score (nSPS) is 50.1. The van der Waals surface area contributed by atoms with E-state index in [1.54, 1.807) is 7.11 Å². The number of aliphatic hydroxyl groups is 2. The Morgan fingerprint density at radius 2 is 1.53 bits per heavy atom. The van der Waals surface area contributed by atoms with Crippen LogP contribution in [0.5, 0.6) is 0 Å². The Morgan fingerprint density at radius 3 is 2.18 bits per heavy atom. The number of rotatable bonds is 6. The first-order chi connectivity index (χ1) is 17.7. The van der Waals surface area contributed by atoms with Crippen LogP contribution in [0.1, 0.15) is 117 Å². The van der Waals surface area contributed by atoms with Gasteiger partial charge >= 0.3 is 6.18 Å². The summed E-state index contributed by atoms with van der Waals surface area (Å²) in [4.78, 5) is 0. The van der Waals surface area contributed by atoms with Crippen LogP contribution in [0, 0.1) is 52.3 Å². The minimum atomic E-state index is -4.53. The van der Waals surface area contributed by atoms with Gasteiger partial charge < -0.3 is 14.9 Å². The molecule has 5 saturated carbocycles. The van der Waals surface area contributed by atoms with E-state index in [2.05, 4.69) is 20.8 Å². The maximum Gasteiger partial charge on any atom is 0.417 e. The molecule has 0 aromatic rings. The van der Waals surface area contributed by atoms with Gasteiger partial charge in [0.2, 0.25) is 0 Å². The lowest BCUT2D eigenvalue weighted by atomic mass is 9.43. The molecule has 0 saturated heterocycles. The highest BCUT2D eigenvalue weighted by Crippen LogP contribution is 2.69. The third-order valence-electron chi connectivity index (χ3n) is 13.5. The van der Waals surface area contributed by atoms with E-state index in [1.165, 1.54) is 19.3 Å². The lowest BCUT2D eigenvalue weighted by Gasteiger charge is -2.62. The van der Waals surface area contributed by atoms with E-state index in [9.17, 15) is 23.4 Å². The van der Waals surface area contributed by atoms with Gasteiger partial charge in [0.25, 0.3) is 0 Å². The predicted molar refractivity (Wildman–Crippen MR) is 143 cm³/mol. The Morgan fingerprint density at radius 1 is 0.842 bits per heavy atom. The number of hydrogen-bond donors (Lipinski definition) is 2. The van der Waals surface area contributed by atoms with Crippen LogP contribution >= 0.6 is 0 Å². The van der Waals surface area contributed by atoms with E-state index in [1.807, 2.05) is 0 Å². The summed E-state index contributed by atoms with van der Waals surface area (Å²) in [6.07, 6.45) is 8.32. The topological polar surface area (TPSA) is 49.7 Å². The van der Waals surface area contributed by atoms with Crippen LogP contribution in [-0.4, -0.2) is 41.3 Å². The molecular weight excluding hydrogens is 489 g/mol. The van der Waals surface area contributed by atoms with Crippen LogP contribution in [0.3, 0.4) is 0 Å². The van der Waals surface area contributed by atoms with Crippen molar-refractivity contribution >= 4 is 0 Å². The molecule has 0 bridgehead atoms. The summed E-state index contributed by atoms with van der Waals surface area (Å²) in [5, 5.41) is 21.8. The number of ether oxygens (including phenoxy) is 1. The number of alkyl halides is 3. The predicted octanol–water partition coefficient (Wildman–Crippen LogP) is 7.92. The second kappa shape index (κ2) is 10.2. The van der Waals surface area contributed by atoms with E-state index in [4.69, 9.17) is 4.74 Å². The number of fused-ring (bicyclic) bond motifs is 5. The molecule has 0 spiro atoms. The molecule has 5 aliphatic carbocycles. The van der Waals surface area contributed by atoms with Gasteiger partial charge in [0.05, 0.1) is 5.60 Å². The van der Waals surface area contributed by atoms with Crippen LogP contribution in [0.2, 0.25) is 0 Å². The molecule has 3 nitrogen and oxygen atoms in total. The van der Waals surface area contributed by atoms with Crippen molar-refractivity contribution in [2.75, 3.05) is 13.7 Å². The highest BCUT2D eigenvalue weighted by molar-refractivity contribution is 5.11. The Hall–Kier alpha value is -0.330. The molecule has 5 rings (SSSR count). The number of methoxy groups -OCH3 is 1. The van der Waals surface area contributed by atoms with Crippen LogP contribution in [0.4, 0.5) is 13.2 Å². The smallest absolute Gasteiger partial charge is 0.390 e. The number of hydrogen-bond acceptors (Lipinski definition) is 3. The molecule has 5 aliphatic rings. The second-order valence-corrected chi connectivity index (χ2v) is 15.3. The molecule has 0 heterocycles. The van der Waals surface area contributed by atoms with Gasteiger partial charge in [-0.25, -0.2) is 0 Å². The van der Waals surface area contributed by atoms with Crippen molar-refractivity contribution in [3.63, 3.8) is 0 Å². The lowest BCUT2D eigenvalue weighted by molar-refractivity contribution is -0.290. The van der Waals surface area contributed by atoms with E-state index in [-0.39, 0.29) is 24.2 Å². The molecule has 0 amide bonds. The maximum atomic E-state index is 13.7. The molecular formula is C32H53F3O3. The van der Waals surface area contributed by atoms with Gasteiger partial charge in [-0.3, -0.25) is 0 Å². The second-order valence-electron chi connectivity index (χ2n) is 15.3. The Balaban J connectivity index is 1.22. The molecule has 0 unspecified atom stereocenters. The fourth-order valence-electron chi connectivity index (χ4n) is 11.0. The fraction of sp³-hybridized carbons (Fsp3) is 1.00. The minimum Gasteiger partial charge on any atom is -0.390 e. The summed E-state index contributed by atoms with van der Waals surface area (Å²) in [7, 11) is 1.76. The van der Waals surface area contributed by atoms with Gasteiger partial charge in [-0.2, -0.15) is 13.2 Å². The average Bonchev–Trinajstić information content (AvgIpc) is 3.21. The molecule has 0 aromatic carbocycles. The van der Waals surface area contributed by atoms with Gasteiger partial charge in [0.1, 0.15) is 0 Å². The van der Waals surface area contributed by atoms with Crippen molar-refractivity contribution in [1.29, 1.82) is 0 Å². The van der Waals surface area contributed by atoms with E-state index >= 15 is 0 Å². The van der Waals surface area contributed by atoms with Crippen molar-refractivity contribution < 1.29 is 28.1 Å². The molecule has 0 aromatic heterocycles. The standard InChI is InChI=1S/C32H53F3O3/c1-21(9-14-30(36)15-10-22(11-16-30)20-38-4)25-7-8-26-24-6-5-23-19-31(37,32(33,34)35)18-17-28(23,2)27(24)12-13-29(25,26)3/h21-27,36-37H,5-20H2,1-4H3/t21-,22-,23-,24-,25-,26-,27-,28-,29+,30+,31-/m0/s1. The zero-order valence-corrected chi connectivity index (χ0v) is 24.3. The fourth-order valence-corrected chi connectivity index (χ4v) is 11.0. The summed E-state index contributed by atoms with van der Waals surface area (Å²) in [5.41, 5.74) is -2.77. The van der Waals surface area contributed by atoms with E-state index in [0.717, 1.165) is 64.4 Å². The first-order valence-corrected chi connectivity index (χ1v) is 15.8. The lowest BCUT2D eigenvalue weighted by Crippen LogP contribution is -2.59. The summed E-state index contributed by atoms with van der Waals surface area (Å²) in [5.74, 6) is 3.61. The van der Waals surface area contributed by atoms with Crippen molar-refractivity contribution in [3.8, 4) is 0 Å². The van der Waals surface area contributed by atoms with Gasteiger partial charge in [-0.15, -0.1) is 0 Å². The van der Waals surface area contributed by atoms with Crippen LogP contribution in [-0.2, 0) is 4.74 Å². The van der Waals surface area contributed by atoms with Crippen molar-refractivity contribution in [1.82, 2.24) is 0 Å². The Kier molecular flexibility index (Phi) is 7.82. The molecule has 9 atom stereocenters. The van der Waals surface area contributed by atoms with Crippen molar-refractivity contribution in [2.45, 2.75) is 134 Å². The summed E-state index contributed by atoms with van der Waals surface area (Å²) in [6.45, 7) is 8.02. The summed E-state index contributed by atoms with van der Waals surface area (Å²) >= 11 is 0. The average molecular weight is 543 g/mol. The van der Waals surface area contributed by atoms with Gasteiger partial charge in [-0.05, 0) is 149 Å². The van der Waals surface area contributed by atoms with Gasteiger partial charge in [0, 0.05) is 13.7 Å². The largest absolute Gasteiger partial charge is 0.417 e. The number of halogens is 3. The molecule has 220 valence electrons. The highest BCUT2D eigenvalue weighted by Gasteiger charge is 2.65. The summed E-state index contributed by atoms with van der Waals surface area (Å²) in [6, 6.07) is 0. The van der Waals surface area contributed by atoms with Crippen molar-refractivity contribution in [3.05, 3.63) is 0 Å². The minimum absolute atomic E-state index is 0.0238. The van der Waals surface area contributed by atoms with E-state index < -0.39 is 17.4 Å². The van der Waals surface area contributed by atoms with E-state index in [0.29, 0.717) is 47.3 Å². The van der Waals surface area contributed by atoms with Crippen LogP contribution in [0.15, 0.2) is 0 Å². The Bertz CT molecular complexity index is 838. The third kappa shape index (κ3) is 4.89. The van der Waals surface area contributed by atoms with Gasteiger partial charge in [0.15, 0.2) is 5.60 Å². The van der Waals surface area contributed by atoms with Crippen LogP contribution < -0.4 is 0 Å². The Labute approximate surface area is 228 Å².